The van der Waals surface area contributed by atoms with E-state index >= 15 is 0 Å². The average Bonchev–Trinajstić information content (AvgIpc) is 3.19. The summed E-state index contributed by atoms with van der Waals surface area (Å²) in [6, 6.07) is 25.9. The SMILES string of the molecule is COc1ccc(Cn2c3ccccc3c3c(N)nc(C(=O)NCCc4ccccc4)nc32)cc1. The van der Waals surface area contributed by atoms with E-state index in [1.54, 1.807) is 7.11 Å². The van der Waals surface area contributed by atoms with Crippen molar-refractivity contribution in [3.63, 3.8) is 0 Å². The minimum Gasteiger partial charge on any atom is -0.497 e. The predicted molar refractivity (Wildman–Crippen MR) is 134 cm³/mol. The second-order valence-corrected chi connectivity index (χ2v) is 8.07. The van der Waals surface area contributed by atoms with Gasteiger partial charge in [-0.15, -0.1) is 0 Å². The van der Waals surface area contributed by atoms with Crippen LogP contribution in [0.2, 0.25) is 0 Å². The summed E-state index contributed by atoms with van der Waals surface area (Å²) in [6.45, 7) is 1.05. The Morgan fingerprint density at radius 3 is 2.44 bits per heavy atom. The zero-order chi connectivity index (χ0) is 23.5. The second-order valence-electron chi connectivity index (χ2n) is 8.07. The summed E-state index contributed by atoms with van der Waals surface area (Å²) in [5.41, 5.74) is 10.2. The Hall–Kier alpha value is -4.39. The number of methoxy groups -OCH3 is 1. The highest BCUT2D eigenvalue weighted by molar-refractivity contribution is 6.12. The fourth-order valence-electron chi connectivity index (χ4n) is 4.17. The molecule has 0 aliphatic heterocycles. The van der Waals surface area contributed by atoms with Gasteiger partial charge < -0.3 is 20.4 Å². The predicted octanol–water partition coefficient (Wildman–Crippen LogP) is 4.20. The zero-order valence-electron chi connectivity index (χ0n) is 18.9. The standard InChI is InChI=1S/C27H25N5O2/c1-34-20-13-11-19(12-14-20)17-32-22-10-6-5-9-21(22)23-24(28)30-25(31-26(23)32)27(33)29-16-15-18-7-3-2-4-8-18/h2-14H,15-17H2,1H3,(H,29,33)(H2,28,30,31). The maximum Gasteiger partial charge on any atom is 0.289 e. The van der Waals surface area contributed by atoms with Crippen molar-refractivity contribution in [3.05, 3.63) is 95.8 Å². The smallest absolute Gasteiger partial charge is 0.289 e. The molecule has 0 aliphatic carbocycles. The van der Waals surface area contributed by atoms with Gasteiger partial charge in [0.25, 0.3) is 5.91 Å². The molecule has 34 heavy (non-hydrogen) atoms. The number of anilines is 1. The molecule has 0 spiro atoms. The number of para-hydroxylation sites is 1. The number of ether oxygens (including phenoxy) is 1. The van der Waals surface area contributed by atoms with Gasteiger partial charge >= 0.3 is 0 Å². The molecule has 7 nitrogen and oxygen atoms in total. The summed E-state index contributed by atoms with van der Waals surface area (Å²) in [5.74, 6) is 0.817. The highest BCUT2D eigenvalue weighted by atomic mass is 16.5. The quantitative estimate of drug-likeness (QED) is 0.387. The van der Waals surface area contributed by atoms with Gasteiger partial charge in [0.1, 0.15) is 17.2 Å². The number of nitrogens with one attached hydrogen (secondary N) is 1. The van der Waals surface area contributed by atoms with Crippen LogP contribution in [-0.4, -0.2) is 34.1 Å². The highest BCUT2D eigenvalue weighted by Gasteiger charge is 2.19. The Bertz CT molecular complexity index is 1460. The van der Waals surface area contributed by atoms with E-state index in [0.29, 0.717) is 24.6 Å². The van der Waals surface area contributed by atoms with Crippen LogP contribution in [0.4, 0.5) is 5.82 Å². The lowest BCUT2D eigenvalue weighted by atomic mass is 10.1. The maximum atomic E-state index is 12.9. The molecule has 0 aliphatic rings. The molecule has 2 heterocycles. The van der Waals surface area contributed by atoms with Crippen LogP contribution < -0.4 is 15.8 Å². The fourth-order valence-corrected chi connectivity index (χ4v) is 4.17. The van der Waals surface area contributed by atoms with Crippen molar-refractivity contribution in [3.8, 4) is 5.75 Å². The number of hydrogen-bond donors (Lipinski definition) is 2. The van der Waals surface area contributed by atoms with Crippen LogP contribution in [0, 0.1) is 0 Å². The Morgan fingerprint density at radius 2 is 1.68 bits per heavy atom. The van der Waals surface area contributed by atoms with E-state index in [4.69, 9.17) is 10.5 Å². The van der Waals surface area contributed by atoms with E-state index in [-0.39, 0.29) is 11.7 Å². The molecule has 0 bridgehead atoms. The molecule has 0 unspecified atom stereocenters. The Balaban J connectivity index is 1.49. The number of carbonyl (C=O) groups excluding carboxylic acids is 1. The van der Waals surface area contributed by atoms with E-state index in [0.717, 1.165) is 39.6 Å². The number of fused-ring (bicyclic) bond motifs is 3. The summed E-state index contributed by atoms with van der Waals surface area (Å²) in [4.78, 5) is 21.9. The topological polar surface area (TPSA) is 95.1 Å². The van der Waals surface area contributed by atoms with Gasteiger partial charge in [0, 0.05) is 18.5 Å². The summed E-state index contributed by atoms with van der Waals surface area (Å²) in [7, 11) is 1.65. The summed E-state index contributed by atoms with van der Waals surface area (Å²) in [6.07, 6.45) is 0.724. The Labute approximate surface area is 197 Å². The molecule has 5 rings (SSSR count). The van der Waals surface area contributed by atoms with Crippen molar-refractivity contribution in [2.75, 3.05) is 19.4 Å². The number of carbonyl (C=O) groups is 1. The number of nitrogen functional groups attached to an aromatic ring is 1. The van der Waals surface area contributed by atoms with Crippen molar-refractivity contribution in [1.82, 2.24) is 19.9 Å². The van der Waals surface area contributed by atoms with Crippen molar-refractivity contribution in [2.45, 2.75) is 13.0 Å². The lowest BCUT2D eigenvalue weighted by Crippen LogP contribution is -2.28. The minimum atomic E-state index is -0.342. The number of benzene rings is 3. The van der Waals surface area contributed by atoms with Gasteiger partial charge in [0.05, 0.1) is 18.0 Å². The summed E-state index contributed by atoms with van der Waals surface area (Å²) >= 11 is 0. The number of rotatable bonds is 7. The first kappa shape index (κ1) is 21.5. The number of amides is 1. The fraction of sp³-hybridized carbons (Fsp3) is 0.148. The first-order valence-corrected chi connectivity index (χ1v) is 11.1. The first-order chi connectivity index (χ1) is 16.6. The molecule has 0 radical (unpaired) electrons. The van der Waals surface area contributed by atoms with Crippen LogP contribution in [0.25, 0.3) is 21.9 Å². The monoisotopic (exact) mass is 451 g/mol. The van der Waals surface area contributed by atoms with Crippen LogP contribution in [0.15, 0.2) is 78.9 Å². The molecular formula is C27H25N5O2. The molecule has 2 aromatic heterocycles. The van der Waals surface area contributed by atoms with Gasteiger partial charge in [0.2, 0.25) is 5.82 Å². The van der Waals surface area contributed by atoms with Crippen LogP contribution in [-0.2, 0) is 13.0 Å². The largest absolute Gasteiger partial charge is 0.497 e. The van der Waals surface area contributed by atoms with Crippen molar-refractivity contribution >= 4 is 33.7 Å². The number of nitrogens with zero attached hydrogens (tertiary/aromatic N) is 3. The van der Waals surface area contributed by atoms with Gasteiger partial charge in [-0.3, -0.25) is 4.79 Å². The molecule has 7 heteroatoms. The lowest BCUT2D eigenvalue weighted by molar-refractivity contribution is 0.0944. The molecule has 0 fully saturated rings. The van der Waals surface area contributed by atoms with Gasteiger partial charge in [-0.05, 0) is 35.7 Å². The van der Waals surface area contributed by atoms with Crippen LogP contribution >= 0.6 is 0 Å². The molecule has 5 aromatic rings. The molecule has 0 saturated carbocycles. The van der Waals surface area contributed by atoms with Gasteiger partial charge in [-0.1, -0.05) is 60.7 Å². The molecular weight excluding hydrogens is 426 g/mol. The first-order valence-electron chi connectivity index (χ1n) is 11.1. The number of hydrogen-bond acceptors (Lipinski definition) is 5. The average molecular weight is 452 g/mol. The van der Waals surface area contributed by atoms with E-state index < -0.39 is 0 Å². The van der Waals surface area contributed by atoms with Gasteiger partial charge in [-0.2, -0.15) is 0 Å². The third kappa shape index (κ3) is 4.15. The molecule has 1 amide bonds. The van der Waals surface area contributed by atoms with Crippen molar-refractivity contribution in [2.24, 2.45) is 0 Å². The lowest BCUT2D eigenvalue weighted by Gasteiger charge is -2.09. The second kappa shape index (κ2) is 9.23. The molecule has 0 atom stereocenters. The highest BCUT2D eigenvalue weighted by Crippen LogP contribution is 2.32. The third-order valence-electron chi connectivity index (χ3n) is 5.88. The molecule has 3 N–H and O–H groups in total. The molecule has 3 aromatic carbocycles. The summed E-state index contributed by atoms with van der Waals surface area (Å²) in [5, 5.41) is 4.62. The normalized spacial score (nSPS) is 11.1. The van der Waals surface area contributed by atoms with E-state index in [1.807, 2.05) is 78.9 Å². The Kier molecular flexibility index (Phi) is 5.82. The summed E-state index contributed by atoms with van der Waals surface area (Å²) < 4.78 is 7.35. The van der Waals surface area contributed by atoms with Crippen molar-refractivity contribution in [1.29, 1.82) is 0 Å². The van der Waals surface area contributed by atoms with Gasteiger partial charge in [0.15, 0.2) is 0 Å². The van der Waals surface area contributed by atoms with E-state index in [2.05, 4.69) is 19.9 Å². The third-order valence-corrected chi connectivity index (χ3v) is 5.88. The number of nitrogens with two attached hydrogens (primary N) is 1. The van der Waals surface area contributed by atoms with Crippen LogP contribution in [0.5, 0.6) is 5.75 Å². The maximum absolute atomic E-state index is 12.9. The minimum absolute atomic E-state index is 0.0665. The molecule has 170 valence electrons. The van der Waals surface area contributed by atoms with E-state index in [1.165, 1.54) is 0 Å². The van der Waals surface area contributed by atoms with Gasteiger partial charge in [-0.25, -0.2) is 9.97 Å². The van der Waals surface area contributed by atoms with Crippen LogP contribution in [0.1, 0.15) is 21.7 Å². The van der Waals surface area contributed by atoms with E-state index in [9.17, 15) is 4.79 Å². The molecule has 0 saturated heterocycles. The number of aromatic nitrogens is 3. The zero-order valence-corrected chi connectivity index (χ0v) is 18.9. The van der Waals surface area contributed by atoms with Crippen LogP contribution in [0.3, 0.4) is 0 Å². The van der Waals surface area contributed by atoms with Crippen molar-refractivity contribution < 1.29 is 9.53 Å². The Morgan fingerprint density at radius 1 is 0.941 bits per heavy atom.